The van der Waals surface area contributed by atoms with Gasteiger partial charge < -0.3 is 9.26 Å². The van der Waals surface area contributed by atoms with Gasteiger partial charge in [0.05, 0.1) is 6.10 Å². The van der Waals surface area contributed by atoms with Crippen LogP contribution < -0.4 is 5.32 Å². The molecule has 26 heavy (non-hydrogen) atoms. The van der Waals surface area contributed by atoms with Crippen molar-refractivity contribution in [3.8, 4) is 11.3 Å². The van der Waals surface area contributed by atoms with Crippen LogP contribution >= 0.6 is 0 Å². The third-order valence-corrected chi connectivity index (χ3v) is 3.91. The van der Waals surface area contributed by atoms with E-state index in [-0.39, 0.29) is 6.10 Å². The fourth-order valence-corrected chi connectivity index (χ4v) is 2.67. The van der Waals surface area contributed by atoms with Crippen LogP contribution in [0.4, 0.5) is 10.5 Å². The van der Waals surface area contributed by atoms with E-state index in [1.807, 2.05) is 30.3 Å². The summed E-state index contributed by atoms with van der Waals surface area (Å²) in [6.07, 6.45) is 0.147. The van der Waals surface area contributed by atoms with E-state index in [1.165, 1.54) is 11.1 Å². The Morgan fingerprint density at radius 2 is 1.73 bits per heavy atom. The summed E-state index contributed by atoms with van der Waals surface area (Å²) in [6.45, 7) is 5.35. The second-order valence-corrected chi connectivity index (χ2v) is 6.40. The van der Waals surface area contributed by atoms with Crippen LogP contribution in [-0.2, 0) is 11.2 Å². The van der Waals surface area contributed by atoms with Crippen molar-refractivity contribution in [1.29, 1.82) is 0 Å². The van der Waals surface area contributed by atoms with Crippen LogP contribution in [0.2, 0.25) is 0 Å². The number of carbonyl (C=O) groups excluding carboxylic acids is 1. The Morgan fingerprint density at radius 1 is 1.08 bits per heavy atom. The predicted molar refractivity (Wildman–Crippen MR) is 101 cm³/mol. The number of carbonyl (C=O) groups is 1. The Morgan fingerprint density at radius 3 is 2.38 bits per heavy atom. The van der Waals surface area contributed by atoms with E-state index in [9.17, 15) is 4.79 Å². The predicted octanol–water partition coefficient (Wildman–Crippen LogP) is 5.20. The maximum absolute atomic E-state index is 11.9. The van der Waals surface area contributed by atoms with Gasteiger partial charge in [-0.1, -0.05) is 59.8 Å². The molecule has 2 aromatic carbocycles. The van der Waals surface area contributed by atoms with Gasteiger partial charge >= 0.3 is 6.09 Å². The lowest BCUT2D eigenvalue weighted by Gasteiger charge is -2.10. The highest BCUT2D eigenvalue weighted by molar-refractivity contribution is 5.91. The summed E-state index contributed by atoms with van der Waals surface area (Å²) in [4.78, 5) is 11.9. The zero-order valence-electron chi connectivity index (χ0n) is 15.2. The van der Waals surface area contributed by atoms with Gasteiger partial charge in [0, 0.05) is 5.56 Å². The minimum absolute atomic E-state index is 0.198. The van der Waals surface area contributed by atoms with Crippen LogP contribution in [0.1, 0.15) is 30.7 Å². The molecular weight excluding hydrogens is 328 g/mol. The number of anilines is 1. The molecule has 1 N–H and O–H groups in total. The summed E-state index contributed by atoms with van der Waals surface area (Å²) in [5, 5.41) is 6.81. The van der Waals surface area contributed by atoms with Crippen molar-refractivity contribution >= 4 is 11.8 Å². The number of hydrogen-bond donors (Lipinski definition) is 1. The topological polar surface area (TPSA) is 64.4 Å². The van der Waals surface area contributed by atoms with Crippen molar-refractivity contribution in [2.75, 3.05) is 5.32 Å². The smallest absolute Gasteiger partial charge is 0.412 e. The summed E-state index contributed by atoms with van der Waals surface area (Å²) in [6, 6.07) is 18.4. The lowest BCUT2D eigenvalue weighted by molar-refractivity contribution is 0.130. The zero-order valence-corrected chi connectivity index (χ0v) is 15.2. The van der Waals surface area contributed by atoms with E-state index < -0.39 is 6.09 Å². The van der Waals surface area contributed by atoms with Crippen LogP contribution in [0.3, 0.4) is 0 Å². The molecule has 0 fully saturated rings. The molecule has 1 heterocycles. The Balaban J connectivity index is 1.78. The average Bonchev–Trinajstić information content (AvgIpc) is 2.96. The summed E-state index contributed by atoms with van der Waals surface area (Å²) in [5.74, 6) is 0.536. The van der Waals surface area contributed by atoms with Crippen LogP contribution in [0.25, 0.3) is 11.3 Å². The number of nitrogens with one attached hydrogen (secondary N) is 1. The summed E-state index contributed by atoms with van der Waals surface area (Å²) in [5.41, 5.74) is 4.46. The number of benzene rings is 2. The lowest BCUT2D eigenvalue weighted by Crippen LogP contribution is -2.18. The first-order valence-electron chi connectivity index (χ1n) is 8.60. The first-order valence-corrected chi connectivity index (χ1v) is 8.60. The molecule has 0 aliphatic carbocycles. The van der Waals surface area contributed by atoms with Crippen LogP contribution in [0.5, 0.6) is 0 Å². The van der Waals surface area contributed by atoms with E-state index in [2.05, 4.69) is 34.7 Å². The minimum Gasteiger partial charge on any atom is -0.447 e. The van der Waals surface area contributed by atoms with Crippen molar-refractivity contribution in [2.24, 2.45) is 0 Å². The number of amides is 1. The maximum Gasteiger partial charge on any atom is 0.412 e. The Hall–Kier alpha value is -3.08. The average molecular weight is 350 g/mol. The molecule has 1 aromatic heterocycles. The zero-order chi connectivity index (χ0) is 18.5. The molecule has 3 rings (SSSR count). The summed E-state index contributed by atoms with van der Waals surface area (Å²) < 4.78 is 10.4. The highest BCUT2D eigenvalue weighted by atomic mass is 16.6. The van der Waals surface area contributed by atoms with Gasteiger partial charge in [0.15, 0.2) is 5.76 Å². The monoisotopic (exact) mass is 350 g/mol. The molecule has 0 saturated heterocycles. The molecule has 0 bridgehead atoms. The van der Waals surface area contributed by atoms with Crippen LogP contribution in [0, 0.1) is 6.92 Å². The Bertz CT molecular complexity index is 868. The molecule has 1 amide bonds. The number of rotatable bonds is 5. The molecule has 0 radical (unpaired) electrons. The second kappa shape index (κ2) is 7.87. The van der Waals surface area contributed by atoms with Gasteiger partial charge in [0.2, 0.25) is 0 Å². The highest BCUT2D eigenvalue weighted by Gasteiger charge is 2.18. The highest BCUT2D eigenvalue weighted by Crippen LogP contribution is 2.30. The fraction of sp³-hybridized carbons (Fsp3) is 0.238. The van der Waals surface area contributed by atoms with Crippen molar-refractivity contribution in [2.45, 2.75) is 33.3 Å². The van der Waals surface area contributed by atoms with Crippen LogP contribution in [0.15, 0.2) is 59.1 Å². The van der Waals surface area contributed by atoms with Gasteiger partial charge in [-0.15, -0.1) is 0 Å². The lowest BCUT2D eigenvalue weighted by atomic mass is 10.0. The minimum atomic E-state index is -0.520. The molecule has 3 aromatic rings. The summed E-state index contributed by atoms with van der Waals surface area (Å²) in [7, 11) is 0. The van der Waals surface area contributed by atoms with Gasteiger partial charge in [-0.05, 0) is 38.3 Å². The van der Waals surface area contributed by atoms with Gasteiger partial charge in [0.1, 0.15) is 11.4 Å². The first-order chi connectivity index (χ1) is 12.5. The molecule has 0 aliphatic rings. The standard InChI is InChI=1S/C21H22N2O3/c1-14(2)25-21(24)22-19-15(3)26-23-20(19)18-11-9-17(10-12-18)13-16-7-5-4-6-8-16/h4-12,14H,13H2,1-3H3,(H,22,24). The quantitative estimate of drug-likeness (QED) is 0.687. The van der Waals surface area contributed by atoms with Crippen molar-refractivity contribution in [1.82, 2.24) is 5.16 Å². The number of aromatic nitrogens is 1. The van der Waals surface area contributed by atoms with E-state index in [4.69, 9.17) is 9.26 Å². The largest absolute Gasteiger partial charge is 0.447 e. The Labute approximate surface area is 153 Å². The number of ether oxygens (including phenoxy) is 1. The number of hydrogen-bond acceptors (Lipinski definition) is 4. The van der Waals surface area contributed by atoms with Crippen LogP contribution in [-0.4, -0.2) is 17.4 Å². The molecule has 5 nitrogen and oxygen atoms in total. The van der Waals surface area contributed by atoms with Gasteiger partial charge in [0.25, 0.3) is 0 Å². The molecular formula is C21H22N2O3. The third-order valence-electron chi connectivity index (χ3n) is 3.91. The van der Waals surface area contributed by atoms with Gasteiger partial charge in [-0.2, -0.15) is 0 Å². The molecule has 0 spiro atoms. The molecule has 0 aliphatic heterocycles. The normalized spacial score (nSPS) is 10.8. The van der Waals surface area contributed by atoms with Crippen molar-refractivity contribution < 1.29 is 14.1 Å². The number of nitrogens with zero attached hydrogens (tertiary/aromatic N) is 1. The van der Waals surface area contributed by atoms with E-state index in [1.54, 1.807) is 20.8 Å². The van der Waals surface area contributed by atoms with E-state index in [0.717, 1.165) is 12.0 Å². The first kappa shape index (κ1) is 17.7. The summed E-state index contributed by atoms with van der Waals surface area (Å²) >= 11 is 0. The molecule has 134 valence electrons. The Kier molecular flexibility index (Phi) is 5.37. The SMILES string of the molecule is Cc1onc(-c2ccc(Cc3ccccc3)cc2)c1NC(=O)OC(C)C. The number of aryl methyl sites for hydroxylation is 1. The molecule has 5 heteroatoms. The van der Waals surface area contributed by atoms with Gasteiger partial charge in [-0.3, -0.25) is 5.32 Å². The van der Waals surface area contributed by atoms with Crippen molar-refractivity contribution in [3.63, 3.8) is 0 Å². The van der Waals surface area contributed by atoms with Crippen molar-refractivity contribution in [3.05, 3.63) is 71.5 Å². The molecule has 0 saturated carbocycles. The maximum atomic E-state index is 11.9. The fourth-order valence-electron chi connectivity index (χ4n) is 2.67. The second-order valence-electron chi connectivity index (χ2n) is 6.40. The third kappa shape index (κ3) is 4.30. The molecule has 0 unspecified atom stereocenters. The molecule has 0 atom stereocenters. The van der Waals surface area contributed by atoms with E-state index in [0.29, 0.717) is 17.1 Å². The van der Waals surface area contributed by atoms with E-state index >= 15 is 0 Å². The van der Waals surface area contributed by atoms with Gasteiger partial charge in [-0.25, -0.2) is 4.79 Å².